The molecular formula is C19H17BrN2O2. The summed E-state index contributed by atoms with van der Waals surface area (Å²) in [6, 6.07) is 15.3. The van der Waals surface area contributed by atoms with Crippen LogP contribution < -0.4 is 10.2 Å². The average Bonchev–Trinajstić information content (AvgIpc) is 2.60. The number of terminal acetylenes is 1. The summed E-state index contributed by atoms with van der Waals surface area (Å²) >= 11 is 3.39. The molecule has 1 amide bonds. The summed E-state index contributed by atoms with van der Waals surface area (Å²) in [7, 11) is 0. The monoisotopic (exact) mass is 384 g/mol. The normalized spacial score (nSPS) is 10.3. The van der Waals surface area contributed by atoms with E-state index in [1.54, 1.807) is 6.07 Å². The van der Waals surface area contributed by atoms with Crippen LogP contribution in [0.5, 0.6) is 5.75 Å². The highest BCUT2D eigenvalue weighted by Crippen LogP contribution is 2.21. The summed E-state index contributed by atoms with van der Waals surface area (Å²) in [6.45, 7) is 0.173. The molecule has 122 valence electrons. The number of rotatable bonds is 7. The SMILES string of the molecule is C#CCOc1ccc(Br)cc1/C=N\NC(=O)CCc1ccccc1. The van der Waals surface area contributed by atoms with Gasteiger partial charge in [-0.2, -0.15) is 5.10 Å². The van der Waals surface area contributed by atoms with Gasteiger partial charge in [-0.05, 0) is 30.2 Å². The zero-order chi connectivity index (χ0) is 17.2. The third-order valence-electron chi connectivity index (χ3n) is 3.16. The lowest BCUT2D eigenvalue weighted by molar-refractivity contribution is -0.121. The van der Waals surface area contributed by atoms with Gasteiger partial charge in [0.25, 0.3) is 0 Å². The van der Waals surface area contributed by atoms with E-state index in [4.69, 9.17) is 11.2 Å². The Labute approximate surface area is 150 Å². The summed E-state index contributed by atoms with van der Waals surface area (Å²) in [5.41, 5.74) is 4.37. The maximum Gasteiger partial charge on any atom is 0.240 e. The Kier molecular flexibility index (Phi) is 7.06. The number of hydrazone groups is 1. The number of hydrogen-bond acceptors (Lipinski definition) is 3. The third kappa shape index (κ3) is 5.90. The molecule has 0 unspecified atom stereocenters. The maximum atomic E-state index is 11.8. The molecule has 2 aromatic rings. The predicted molar refractivity (Wildman–Crippen MR) is 99.0 cm³/mol. The molecule has 1 N–H and O–H groups in total. The van der Waals surface area contributed by atoms with Crippen molar-refractivity contribution in [1.82, 2.24) is 5.43 Å². The minimum absolute atomic E-state index is 0.142. The number of benzene rings is 2. The number of aryl methyl sites for hydroxylation is 1. The van der Waals surface area contributed by atoms with Gasteiger partial charge in [0.15, 0.2) is 0 Å². The van der Waals surface area contributed by atoms with E-state index in [2.05, 4.69) is 32.4 Å². The van der Waals surface area contributed by atoms with Gasteiger partial charge >= 0.3 is 0 Å². The summed E-state index contributed by atoms with van der Waals surface area (Å²) in [6.07, 6.45) is 7.79. The number of ether oxygens (including phenoxy) is 1. The van der Waals surface area contributed by atoms with Crippen LogP contribution in [0, 0.1) is 12.3 Å². The average molecular weight is 385 g/mol. The van der Waals surface area contributed by atoms with Gasteiger partial charge in [0.2, 0.25) is 5.91 Å². The lowest BCUT2D eigenvalue weighted by Crippen LogP contribution is -2.18. The zero-order valence-corrected chi connectivity index (χ0v) is 14.6. The van der Waals surface area contributed by atoms with Gasteiger partial charge in [0.05, 0.1) is 6.21 Å². The summed E-state index contributed by atoms with van der Waals surface area (Å²) < 4.78 is 6.33. The molecule has 0 heterocycles. The van der Waals surface area contributed by atoms with Crippen LogP contribution in [0.3, 0.4) is 0 Å². The molecule has 0 radical (unpaired) electrons. The molecule has 0 atom stereocenters. The van der Waals surface area contributed by atoms with Gasteiger partial charge in [-0.3, -0.25) is 4.79 Å². The molecular weight excluding hydrogens is 368 g/mol. The van der Waals surface area contributed by atoms with Crippen molar-refractivity contribution in [2.24, 2.45) is 5.10 Å². The second-order valence-electron chi connectivity index (χ2n) is 4.95. The molecule has 0 aromatic heterocycles. The molecule has 0 saturated heterocycles. The molecule has 24 heavy (non-hydrogen) atoms. The molecule has 0 aliphatic carbocycles. The largest absolute Gasteiger partial charge is 0.480 e. The number of nitrogens with one attached hydrogen (secondary N) is 1. The van der Waals surface area contributed by atoms with Crippen LogP contribution in [0.4, 0.5) is 0 Å². The van der Waals surface area contributed by atoms with Crippen molar-refractivity contribution in [2.75, 3.05) is 6.61 Å². The highest BCUT2D eigenvalue weighted by molar-refractivity contribution is 9.10. The van der Waals surface area contributed by atoms with Gasteiger partial charge < -0.3 is 4.74 Å². The lowest BCUT2D eigenvalue weighted by Gasteiger charge is -2.06. The zero-order valence-electron chi connectivity index (χ0n) is 13.0. The van der Waals surface area contributed by atoms with Crippen LogP contribution in [0.1, 0.15) is 17.5 Å². The molecule has 0 bridgehead atoms. The molecule has 4 nitrogen and oxygen atoms in total. The predicted octanol–water partition coefficient (Wildman–Crippen LogP) is 3.54. The minimum atomic E-state index is -0.142. The maximum absolute atomic E-state index is 11.8. The van der Waals surface area contributed by atoms with Crippen LogP contribution in [0.25, 0.3) is 0 Å². The number of carbonyl (C=O) groups excluding carboxylic acids is 1. The summed E-state index contributed by atoms with van der Waals surface area (Å²) in [5.74, 6) is 2.88. The second kappa shape index (κ2) is 9.53. The van der Waals surface area contributed by atoms with Crippen molar-refractivity contribution >= 4 is 28.1 Å². The fourth-order valence-electron chi connectivity index (χ4n) is 2.00. The third-order valence-corrected chi connectivity index (χ3v) is 3.65. The Bertz CT molecular complexity index is 752. The molecule has 0 spiro atoms. The Balaban J connectivity index is 1.90. The fraction of sp³-hybridized carbons (Fsp3) is 0.158. The first-order valence-corrected chi connectivity index (χ1v) is 8.20. The first-order valence-electron chi connectivity index (χ1n) is 7.40. The number of amides is 1. The van der Waals surface area contributed by atoms with Crippen molar-refractivity contribution < 1.29 is 9.53 Å². The van der Waals surface area contributed by atoms with E-state index in [0.29, 0.717) is 18.6 Å². The van der Waals surface area contributed by atoms with Crippen LogP contribution in [-0.2, 0) is 11.2 Å². The summed E-state index contributed by atoms with van der Waals surface area (Å²) in [4.78, 5) is 11.8. The van der Waals surface area contributed by atoms with Crippen molar-refractivity contribution in [3.63, 3.8) is 0 Å². The quantitative estimate of drug-likeness (QED) is 0.450. The van der Waals surface area contributed by atoms with Crippen LogP contribution >= 0.6 is 15.9 Å². The van der Waals surface area contributed by atoms with Crippen LogP contribution in [0.2, 0.25) is 0 Å². The Morgan fingerprint density at radius 2 is 2.08 bits per heavy atom. The molecule has 0 aliphatic heterocycles. The Hall–Kier alpha value is -2.58. The lowest BCUT2D eigenvalue weighted by atomic mass is 10.1. The van der Waals surface area contributed by atoms with Gasteiger partial charge in [0.1, 0.15) is 12.4 Å². The number of carbonyl (C=O) groups is 1. The number of hydrogen-bond donors (Lipinski definition) is 1. The van der Waals surface area contributed by atoms with Crippen LogP contribution in [0.15, 0.2) is 58.1 Å². The van der Waals surface area contributed by atoms with Crippen molar-refractivity contribution in [1.29, 1.82) is 0 Å². The van der Waals surface area contributed by atoms with E-state index in [1.807, 2.05) is 42.5 Å². The van der Waals surface area contributed by atoms with E-state index >= 15 is 0 Å². The first kappa shape index (κ1) is 17.8. The standard InChI is InChI=1S/C19H17BrN2O2/c1-2-12-24-18-10-9-17(20)13-16(18)14-21-22-19(23)11-8-15-6-4-3-5-7-15/h1,3-7,9-10,13-14H,8,11-12H2,(H,22,23)/b21-14-. The van der Waals surface area contributed by atoms with E-state index in [-0.39, 0.29) is 12.5 Å². The highest BCUT2D eigenvalue weighted by atomic mass is 79.9. The van der Waals surface area contributed by atoms with Crippen molar-refractivity contribution in [3.05, 3.63) is 64.1 Å². The van der Waals surface area contributed by atoms with E-state index in [0.717, 1.165) is 15.6 Å². The molecule has 0 saturated carbocycles. The Morgan fingerprint density at radius 1 is 1.29 bits per heavy atom. The van der Waals surface area contributed by atoms with Gasteiger partial charge in [-0.1, -0.05) is 52.2 Å². The first-order chi connectivity index (χ1) is 11.7. The van der Waals surface area contributed by atoms with Crippen molar-refractivity contribution in [3.8, 4) is 18.1 Å². The smallest absolute Gasteiger partial charge is 0.240 e. The molecule has 2 rings (SSSR count). The number of nitrogens with zero attached hydrogens (tertiary/aromatic N) is 1. The van der Waals surface area contributed by atoms with E-state index in [1.165, 1.54) is 6.21 Å². The highest BCUT2D eigenvalue weighted by Gasteiger charge is 2.03. The van der Waals surface area contributed by atoms with Crippen molar-refractivity contribution in [2.45, 2.75) is 12.8 Å². The van der Waals surface area contributed by atoms with Gasteiger partial charge in [-0.25, -0.2) is 5.43 Å². The van der Waals surface area contributed by atoms with E-state index < -0.39 is 0 Å². The van der Waals surface area contributed by atoms with Gasteiger partial charge in [-0.15, -0.1) is 6.42 Å². The number of halogens is 1. The molecule has 0 aliphatic rings. The van der Waals surface area contributed by atoms with Gasteiger partial charge in [0, 0.05) is 16.5 Å². The molecule has 5 heteroatoms. The fourth-order valence-corrected chi connectivity index (χ4v) is 2.38. The topological polar surface area (TPSA) is 50.7 Å². The van der Waals surface area contributed by atoms with E-state index in [9.17, 15) is 4.79 Å². The van der Waals surface area contributed by atoms with Crippen LogP contribution in [-0.4, -0.2) is 18.7 Å². The second-order valence-corrected chi connectivity index (χ2v) is 5.87. The Morgan fingerprint density at radius 3 is 2.83 bits per heavy atom. The molecule has 0 fully saturated rings. The summed E-state index contributed by atoms with van der Waals surface area (Å²) in [5, 5.41) is 3.99. The minimum Gasteiger partial charge on any atom is -0.480 e. The molecule has 2 aromatic carbocycles.